The maximum atomic E-state index is 4.63. The second kappa shape index (κ2) is 7.32. The first-order chi connectivity index (χ1) is 11.3. The third kappa shape index (κ3) is 3.92. The fourth-order valence-electron chi connectivity index (χ4n) is 2.10. The highest BCUT2D eigenvalue weighted by molar-refractivity contribution is 7.99. The van der Waals surface area contributed by atoms with Gasteiger partial charge in [-0.25, -0.2) is 15.0 Å². The molecule has 0 saturated heterocycles. The fourth-order valence-corrected chi connectivity index (χ4v) is 2.86. The zero-order chi connectivity index (χ0) is 16.1. The SMILES string of the molecule is CCCc1nc(Sc2cc(CC)nc(-c3ccncc3)n2)n[nH]1. The quantitative estimate of drug-likeness (QED) is 0.700. The standard InChI is InChI=1S/C16H18N6S/c1-3-5-13-19-16(22-21-13)23-14-10-12(4-2)18-15(20-14)11-6-8-17-9-7-11/h6-10H,3-5H2,1-2H3,(H,19,21,22). The van der Waals surface area contributed by atoms with E-state index in [1.54, 1.807) is 12.4 Å². The van der Waals surface area contributed by atoms with Gasteiger partial charge in [0.2, 0.25) is 5.16 Å². The molecule has 0 spiro atoms. The maximum Gasteiger partial charge on any atom is 0.214 e. The largest absolute Gasteiger partial charge is 0.265 e. The molecule has 0 amide bonds. The molecular formula is C16H18N6S. The summed E-state index contributed by atoms with van der Waals surface area (Å²) in [7, 11) is 0. The van der Waals surface area contributed by atoms with Crippen LogP contribution in [0.5, 0.6) is 0 Å². The van der Waals surface area contributed by atoms with Crippen LogP contribution < -0.4 is 0 Å². The maximum absolute atomic E-state index is 4.63. The molecule has 3 aromatic rings. The monoisotopic (exact) mass is 326 g/mol. The van der Waals surface area contributed by atoms with Crippen molar-refractivity contribution in [3.8, 4) is 11.4 Å². The van der Waals surface area contributed by atoms with Crippen molar-refractivity contribution in [2.45, 2.75) is 43.3 Å². The van der Waals surface area contributed by atoms with Crippen molar-refractivity contribution < 1.29 is 0 Å². The molecule has 0 aliphatic heterocycles. The minimum absolute atomic E-state index is 0.690. The zero-order valence-corrected chi connectivity index (χ0v) is 14.0. The molecule has 0 aliphatic carbocycles. The van der Waals surface area contributed by atoms with Gasteiger partial charge >= 0.3 is 0 Å². The number of hydrogen-bond acceptors (Lipinski definition) is 6. The van der Waals surface area contributed by atoms with Gasteiger partial charge in [0, 0.05) is 30.1 Å². The molecular weight excluding hydrogens is 308 g/mol. The van der Waals surface area contributed by atoms with Crippen LogP contribution in [0.4, 0.5) is 0 Å². The molecule has 0 bridgehead atoms. The van der Waals surface area contributed by atoms with Crippen molar-refractivity contribution in [1.29, 1.82) is 0 Å². The van der Waals surface area contributed by atoms with Gasteiger partial charge in [0.25, 0.3) is 0 Å². The van der Waals surface area contributed by atoms with Gasteiger partial charge in [0.1, 0.15) is 10.9 Å². The van der Waals surface area contributed by atoms with Crippen LogP contribution >= 0.6 is 11.8 Å². The van der Waals surface area contributed by atoms with Crippen molar-refractivity contribution >= 4 is 11.8 Å². The Morgan fingerprint density at radius 1 is 1.09 bits per heavy atom. The average molecular weight is 326 g/mol. The van der Waals surface area contributed by atoms with Gasteiger partial charge < -0.3 is 0 Å². The van der Waals surface area contributed by atoms with E-state index in [-0.39, 0.29) is 0 Å². The van der Waals surface area contributed by atoms with Crippen LogP contribution in [0.15, 0.2) is 40.8 Å². The second-order valence-corrected chi connectivity index (χ2v) is 6.01. The first-order valence-electron chi connectivity index (χ1n) is 7.66. The number of nitrogens with one attached hydrogen (secondary N) is 1. The van der Waals surface area contributed by atoms with E-state index in [4.69, 9.17) is 0 Å². The Labute approximate surface area is 139 Å². The van der Waals surface area contributed by atoms with E-state index >= 15 is 0 Å². The highest BCUT2D eigenvalue weighted by Crippen LogP contribution is 2.26. The van der Waals surface area contributed by atoms with E-state index in [9.17, 15) is 0 Å². The molecule has 0 unspecified atom stereocenters. The van der Waals surface area contributed by atoms with E-state index in [1.165, 1.54) is 11.8 Å². The summed E-state index contributed by atoms with van der Waals surface area (Å²) in [6.07, 6.45) is 6.29. The Kier molecular flexibility index (Phi) is 4.97. The molecule has 0 radical (unpaired) electrons. The Hall–Kier alpha value is -2.28. The van der Waals surface area contributed by atoms with Crippen LogP contribution in [0.1, 0.15) is 31.8 Å². The van der Waals surface area contributed by atoms with Crippen LogP contribution in [0.25, 0.3) is 11.4 Å². The van der Waals surface area contributed by atoms with Gasteiger partial charge in [-0.2, -0.15) is 0 Å². The number of nitrogens with zero attached hydrogens (tertiary/aromatic N) is 5. The highest BCUT2D eigenvalue weighted by atomic mass is 32.2. The lowest BCUT2D eigenvalue weighted by atomic mass is 10.2. The van der Waals surface area contributed by atoms with Crippen LogP contribution in [0.2, 0.25) is 0 Å². The summed E-state index contributed by atoms with van der Waals surface area (Å²) in [5.74, 6) is 1.62. The molecule has 0 saturated carbocycles. The molecule has 0 aromatic carbocycles. The van der Waals surface area contributed by atoms with Crippen molar-refractivity contribution in [2.75, 3.05) is 0 Å². The lowest BCUT2D eigenvalue weighted by molar-refractivity contribution is 0.840. The van der Waals surface area contributed by atoms with Gasteiger partial charge in [-0.05, 0) is 42.8 Å². The average Bonchev–Trinajstić information content (AvgIpc) is 3.02. The summed E-state index contributed by atoms with van der Waals surface area (Å²) < 4.78 is 0. The minimum atomic E-state index is 0.690. The Morgan fingerprint density at radius 2 is 1.91 bits per heavy atom. The number of aromatic nitrogens is 6. The predicted molar refractivity (Wildman–Crippen MR) is 89.1 cm³/mol. The lowest BCUT2D eigenvalue weighted by Crippen LogP contribution is -1.97. The zero-order valence-electron chi connectivity index (χ0n) is 13.2. The Morgan fingerprint density at radius 3 is 2.65 bits per heavy atom. The normalized spacial score (nSPS) is 10.9. The van der Waals surface area contributed by atoms with Crippen molar-refractivity contribution in [3.63, 3.8) is 0 Å². The number of aryl methyl sites for hydroxylation is 2. The Bertz CT molecular complexity index is 771. The first kappa shape index (κ1) is 15.6. The smallest absolute Gasteiger partial charge is 0.214 e. The molecule has 3 aromatic heterocycles. The number of rotatable bonds is 6. The van der Waals surface area contributed by atoms with Gasteiger partial charge in [0.15, 0.2) is 5.82 Å². The van der Waals surface area contributed by atoms with Crippen LogP contribution in [-0.2, 0) is 12.8 Å². The molecule has 7 heteroatoms. The van der Waals surface area contributed by atoms with Crippen molar-refractivity contribution in [2.24, 2.45) is 0 Å². The molecule has 118 valence electrons. The Balaban J connectivity index is 1.89. The van der Waals surface area contributed by atoms with E-state index in [0.29, 0.717) is 11.0 Å². The summed E-state index contributed by atoms with van der Waals surface area (Å²) in [4.78, 5) is 17.7. The summed E-state index contributed by atoms with van der Waals surface area (Å²) in [5.41, 5.74) is 1.96. The van der Waals surface area contributed by atoms with E-state index in [2.05, 4.69) is 44.0 Å². The number of pyridine rings is 1. The predicted octanol–water partition coefficient (Wildman–Crippen LogP) is 3.32. The minimum Gasteiger partial charge on any atom is -0.265 e. The van der Waals surface area contributed by atoms with E-state index < -0.39 is 0 Å². The number of aromatic amines is 1. The molecule has 1 N–H and O–H groups in total. The summed E-state index contributed by atoms with van der Waals surface area (Å²) >= 11 is 1.45. The molecule has 6 nitrogen and oxygen atoms in total. The summed E-state index contributed by atoms with van der Waals surface area (Å²) in [6.45, 7) is 4.20. The van der Waals surface area contributed by atoms with Gasteiger partial charge in [-0.1, -0.05) is 13.8 Å². The van der Waals surface area contributed by atoms with Crippen LogP contribution in [0.3, 0.4) is 0 Å². The molecule has 0 atom stereocenters. The summed E-state index contributed by atoms with van der Waals surface area (Å²) in [6, 6.07) is 5.82. The number of hydrogen-bond donors (Lipinski definition) is 1. The molecule has 0 fully saturated rings. The van der Waals surface area contributed by atoms with Gasteiger partial charge in [-0.3, -0.25) is 10.1 Å². The molecule has 0 aliphatic rings. The van der Waals surface area contributed by atoms with E-state index in [1.807, 2.05) is 18.2 Å². The van der Waals surface area contributed by atoms with Crippen LogP contribution in [0, 0.1) is 0 Å². The molecule has 23 heavy (non-hydrogen) atoms. The topological polar surface area (TPSA) is 80.2 Å². The first-order valence-corrected chi connectivity index (χ1v) is 8.47. The van der Waals surface area contributed by atoms with Crippen molar-refractivity contribution in [3.05, 3.63) is 42.1 Å². The highest BCUT2D eigenvalue weighted by Gasteiger charge is 2.10. The molecule has 3 rings (SSSR count). The van der Waals surface area contributed by atoms with Crippen LogP contribution in [-0.4, -0.2) is 30.1 Å². The second-order valence-electron chi connectivity index (χ2n) is 5.03. The third-order valence-corrected chi connectivity index (χ3v) is 4.03. The van der Waals surface area contributed by atoms with Crippen molar-refractivity contribution in [1.82, 2.24) is 30.1 Å². The fraction of sp³-hybridized carbons (Fsp3) is 0.312. The lowest BCUT2D eigenvalue weighted by Gasteiger charge is -2.05. The number of H-pyrrole nitrogens is 1. The van der Waals surface area contributed by atoms with Gasteiger partial charge in [0.05, 0.1) is 0 Å². The summed E-state index contributed by atoms with van der Waals surface area (Å²) in [5, 5.41) is 8.75. The van der Waals surface area contributed by atoms with E-state index in [0.717, 1.165) is 41.4 Å². The molecule has 3 heterocycles. The van der Waals surface area contributed by atoms with Gasteiger partial charge in [-0.15, -0.1) is 5.10 Å². The third-order valence-electron chi connectivity index (χ3n) is 3.25.